The van der Waals surface area contributed by atoms with Crippen LogP contribution in [0.15, 0.2) is 36.4 Å². The Balaban J connectivity index is 1.78. The number of carbonyl (C=O) groups is 1. The van der Waals surface area contributed by atoms with Crippen LogP contribution >= 0.6 is 0 Å². The molecule has 25 heavy (non-hydrogen) atoms. The van der Waals surface area contributed by atoms with Crippen LogP contribution in [0.3, 0.4) is 0 Å². The highest BCUT2D eigenvalue weighted by molar-refractivity contribution is 5.93. The summed E-state index contributed by atoms with van der Waals surface area (Å²) in [6, 6.07) is 12.1. The molecule has 3 rings (SSSR count). The first kappa shape index (κ1) is 17.7. The van der Waals surface area contributed by atoms with Crippen LogP contribution in [0.1, 0.15) is 60.4 Å². The number of hydrogen-bond acceptors (Lipinski definition) is 3. The maximum atomic E-state index is 12.9. The smallest absolute Gasteiger partial charge is 0.270 e. The summed E-state index contributed by atoms with van der Waals surface area (Å²) in [6.07, 6.45) is 2.49. The lowest BCUT2D eigenvalue weighted by molar-refractivity contribution is 0.0917. The summed E-state index contributed by atoms with van der Waals surface area (Å²) < 4.78 is 1.68. The van der Waals surface area contributed by atoms with E-state index in [2.05, 4.69) is 41.3 Å². The first-order valence-corrected chi connectivity index (χ1v) is 9.16. The van der Waals surface area contributed by atoms with Crippen molar-refractivity contribution < 1.29 is 4.79 Å². The molecule has 1 atom stereocenters. The molecule has 1 N–H and O–H groups in total. The van der Waals surface area contributed by atoms with Crippen molar-refractivity contribution in [2.45, 2.75) is 38.6 Å². The van der Waals surface area contributed by atoms with E-state index in [4.69, 9.17) is 0 Å². The number of aromatic nitrogens is 2. The standard InChI is InChI=1S/C20H28N4O/c1-15(2)17-13-19(23(3)22-17)20(25)21-18(14-24-11-7-8-12-24)16-9-5-4-6-10-16/h4-6,9-10,13,15,18H,7-8,11-12,14H2,1-3H3,(H,21,25)/t18-/m1/s1. The molecule has 134 valence electrons. The van der Waals surface area contributed by atoms with Crippen molar-refractivity contribution in [2.24, 2.45) is 7.05 Å². The number of nitrogens with one attached hydrogen (secondary N) is 1. The van der Waals surface area contributed by atoms with Gasteiger partial charge >= 0.3 is 0 Å². The van der Waals surface area contributed by atoms with Gasteiger partial charge in [-0.3, -0.25) is 9.48 Å². The molecular weight excluding hydrogens is 312 g/mol. The highest BCUT2D eigenvalue weighted by Gasteiger charge is 2.23. The fourth-order valence-electron chi connectivity index (χ4n) is 3.36. The Morgan fingerprint density at radius 3 is 2.48 bits per heavy atom. The Morgan fingerprint density at radius 1 is 1.20 bits per heavy atom. The Bertz CT molecular complexity index is 702. The lowest BCUT2D eigenvalue weighted by atomic mass is 10.1. The molecule has 0 saturated carbocycles. The molecule has 1 aromatic carbocycles. The second-order valence-corrected chi connectivity index (χ2v) is 7.18. The number of aryl methyl sites for hydroxylation is 1. The normalized spacial score (nSPS) is 16.3. The van der Waals surface area contributed by atoms with Gasteiger partial charge in [0.25, 0.3) is 5.91 Å². The van der Waals surface area contributed by atoms with E-state index < -0.39 is 0 Å². The van der Waals surface area contributed by atoms with E-state index in [1.807, 2.05) is 31.3 Å². The third kappa shape index (κ3) is 4.28. The average molecular weight is 340 g/mol. The number of amides is 1. The minimum atomic E-state index is -0.0602. The fraction of sp³-hybridized carbons (Fsp3) is 0.500. The van der Waals surface area contributed by atoms with Gasteiger partial charge in [0.2, 0.25) is 0 Å². The van der Waals surface area contributed by atoms with Crippen molar-refractivity contribution in [1.82, 2.24) is 20.0 Å². The molecule has 0 aliphatic carbocycles. The highest BCUT2D eigenvalue weighted by Crippen LogP contribution is 2.19. The average Bonchev–Trinajstić information content (AvgIpc) is 3.24. The van der Waals surface area contributed by atoms with Crippen LogP contribution < -0.4 is 5.32 Å². The number of hydrogen-bond donors (Lipinski definition) is 1. The van der Waals surface area contributed by atoms with Gasteiger partial charge in [-0.25, -0.2) is 0 Å². The minimum absolute atomic E-state index is 0.0100. The maximum absolute atomic E-state index is 12.9. The Labute approximate surface area is 150 Å². The van der Waals surface area contributed by atoms with Crippen molar-refractivity contribution in [3.8, 4) is 0 Å². The van der Waals surface area contributed by atoms with Crippen molar-refractivity contribution in [1.29, 1.82) is 0 Å². The summed E-state index contributed by atoms with van der Waals surface area (Å²) >= 11 is 0. The number of nitrogens with zero attached hydrogens (tertiary/aromatic N) is 3. The molecule has 0 spiro atoms. The van der Waals surface area contributed by atoms with Gasteiger partial charge in [0, 0.05) is 13.6 Å². The summed E-state index contributed by atoms with van der Waals surface area (Å²) in [5.74, 6) is 0.247. The van der Waals surface area contributed by atoms with Crippen molar-refractivity contribution in [3.63, 3.8) is 0 Å². The summed E-state index contributed by atoms with van der Waals surface area (Å²) in [7, 11) is 1.83. The van der Waals surface area contributed by atoms with Crippen LogP contribution in [0.2, 0.25) is 0 Å². The van der Waals surface area contributed by atoms with Gasteiger partial charge in [0.05, 0.1) is 11.7 Å². The predicted molar refractivity (Wildman–Crippen MR) is 99.6 cm³/mol. The zero-order chi connectivity index (χ0) is 17.8. The van der Waals surface area contributed by atoms with Crippen LogP contribution in [0.25, 0.3) is 0 Å². The van der Waals surface area contributed by atoms with Gasteiger partial charge < -0.3 is 10.2 Å². The Hall–Kier alpha value is -2.14. The molecule has 1 amide bonds. The van der Waals surface area contributed by atoms with Crippen LogP contribution in [-0.4, -0.2) is 40.2 Å². The molecule has 0 bridgehead atoms. The van der Waals surface area contributed by atoms with Gasteiger partial charge in [-0.05, 0) is 43.5 Å². The van der Waals surface area contributed by atoms with Crippen LogP contribution in [0.5, 0.6) is 0 Å². The van der Waals surface area contributed by atoms with E-state index in [0.717, 1.165) is 30.9 Å². The first-order valence-electron chi connectivity index (χ1n) is 9.16. The molecule has 2 aromatic rings. The summed E-state index contributed by atoms with van der Waals surface area (Å²) in [5, 5.41) is 7.69. The molecule has 5 heteroatoms. The van der Waals surface area contributed by atoms with Gasteiger partial charge in [0.1, 0.15) is 5.69 Å². The molecule has 5 nitrogen and oxygen atoms in total. The fourth-order valence-corrected chi connectivity index (χ4v) is 3.36. The van der Waals surface area contributed by atoms with E-state index in [0.29, 0.717) is 11.6 Å². The topological polar surface area (TPSA) is 50.2 Å². The van der Waals surface area contributed by atoms with Crippen LogP contribution in [0, 0.1) is 0 Å². The predicted octanol–water partition coefficient (Wildman–Crippen LogP) is 3.11. The molecule has 2 heterocycles. The molecule has 1 aromatic heterocycles. The van der Waals surface area contributed by atoms with Crippen molar-refractivity contribution in [2.75, 3.05) is 19.6 Å². The van der Waals surface area contributed by atoms with Crippen molar-refractivity contribution in [3.05, 3.63) is 53.3 Å². The lowest BCUT2D eigenvalue weighted by Gasteiger charge is -2.25. The number of rotatable bonds is 6. The van der Waals surface area contributed by atoms with Gasteiger partial charge in [0.15, 0.2) is 0 Å². The molecule has 1 aliphatic heterocycles. The first-order chi connectivity index (χ1) is 12.0. The van der Waals surface area contributed by atoms with Crippen molar-refractivity contribution >= 4 is 5.91 Å². The molecule has 0 unspecified atom stereocenters. The van der Waals surface area contributed by atoms with E-state index in [9.17, 15) is 4.79 Å². The molecule has 1 fully saturated rings. The Kier molecular flexibility index (Phi) is 5.53. The summed E-state index contributed by atoms with van der Waals surface area (Å²) in [4.78, 5) is 15.3. The minimum Gasteiger partial charge on any atom is -0.343 e. The number of likely N-dealkylation sites (tertiary alicyclic amines) is 1. The van der Waals surface area contributed by atoms with Gasteiger partial charge in [-0.2, -0.15) is 5.10 Å². The molecule has 1 aliphatic rings. The van der Waals surface area contributed by atoms with E-state index >= 15 is 0 Å². The number of carbonyl (C=O) groups excluding carboxylic acids is 1. The SMILES string of the molecule is CC(C)c1cc(C(=O)N[C@H](CN2CCCC2)c2ccccc2)n(C)n1. The van der Waals surface area contributed by atoms with Crippen LogP contribution in [-0.2, 0) is 7.05 Å². The maximum Gasteiger partial charge on any atom is 0.270 e. The third-order valence-electron chi connectivity index (χ3n) is 4.87. The van der Waals surface area contributed by atoms with E-state index in [1.54, 1.807) is 4.68 Å². The van der Waals surface area contributed by atoms with E-state index in [1.165, 1.54) is 12.8 Å². The second-order valence-electron chi connectivity index (χ2n) is 7.18. The third-order valence-corrected chi connectivity index (χ3v) is 4.87. The highest BCUT2D eigenvalue weighted by atomic mass is 16.2. The zero-order valence-corrected chi connectivity index (χ0v) is 15.4. The zero-order valence-electron chi connectivity index (χ0n) is 15.4. The molecular formula is C20H28N4O. The number of benzene rings is 1. The molecule has 1 saturated heterocycles. The molecule has 0 radical (unpaired) electrons. The van der Waals surface area contributed by atoms with E-state index in [-0.39, 0.29) is 11.9 Å². The largest absolute Gasteiger partial charge is 0.343 e. The quantitative estimate of drug-likeness (QED) is 0.879. The summed E-state index contributed by atoms with van der Waals surface area (Å²) in [5.41, 5.74) is 2.71. The summed E-state index contributed by atoms with van der Waals surface area (Å²) in [6.45, 7) is 7.25. The van der Waals surface area contributed by atoms with Crippen LogP contribution in [0.4, 0.5) is 0 Å². The monoisotopic (exact) mass is 340 g/mol. The second kappa shape index (κ2) is 7.83. The van der Waals surface area contributed by atoms with Gasteiger partial charge in [-0.15, -0.1) is 0 Å². The van der Waals surface area contributed by atoms with Gasteiger partial charge in [-0.1, -0.05) is 44.2 Å². The lowest BCUT2D eigenvalue weighted by Crippen LogP contribution is -2.37. The Morgan fingerprint density at radius 2 is 1.88 bits per heavy atom.